The van der Waals surface area contributed by atoms with Crippen molar-refractivity contribution in [3.05, 3.63) is 83.2 Å². The van der Waals surface area contributed by atoms with Gasteiger partial charge in [-0.05, 0) is 46.5 Å². The van der Waals surface area contributed by atoms with E-state index >= 15 is 0 Å². The third-order valence-corrected chi connectivity index (χ3v) is 4.77. The number of aromatic nitrogens is 1. The first kappa shape index (κ1) is 14.8. The predicted molar refractivity (Wildman–Crippen MR) is 104 cm³/mol. The van der Waals surface area contributed by atoms with E-state index in [4.69, 9.17) is 0 Å². The predicted octanol–water partition coefficient (Wildman–Crippen LogP) is 4.17. The number of hydrogen-bond acceptors (Lipinski definition) is 3. The molecule has 0 aliphatic carbocycles. The molecule has 0 atom stereocenters. The maximum Gasteiger partial charge on any atom is 0.256 e. The Labute approximate surface area is 150 Å². The molecule has 1 N–H and O–H groups in total. The normalized spacial score (nSPS) is 15.8. The number of benzene rings is 2. The Balaban J connectivity index is 1.55. The Hall–Kier alpha value is -3.53. The van der Waals surface area contributed by atoms with Gasteiger partial charge in [0.1, 0.15) is 0 Å². The lowest BCUT2D eigenvalue weighted by Gasteiger charge is -2.04. The van der Waals surface area contributed by atoms with Crippen molar-refractivity contribution < 1.29 is 4.79 Å². The molecule has 0 fully saturated rings. The number of aliphatic imine (C=N–C) groups is 1. The summed E-state index contributed by atoms with van der Waals surface area (Å²) in [5, 5.41) is 2.98. The maximum absolute atomic E-state index is 12.5. The number of nitrogens with zero attached hydrogens (tertiary/aromatic N) is 2. The molecular weight excluding hydrogens is 322 g/mol. The highest BCUT2D eigenvalue weighted by molar-refractivity contribution is 6.35. The number of carbonyl (C=O) groups excluding carboxylic acids is 1. The first-order valence-corrected chi connectivity index (χ1v) is 8.48. The molecule has 2 aromatic carbocycles. The lowest BCUT2D eigenvalue weighted by atomic mass is 9.99. The van der Waals surface area contributed by atoms with E-state index in [0.717, 1.165) is 40.0 Å². The summed E-state index contributed by atoms with van der Waals surface area (Å²) >= 11 is 0. The second kappa shape index (κ2) is 5.77. The van der Waals surface area contributed by atoms with Gasteiger partial charge in [0, 0.05) is 41.0 Å². The minimum absolute atomic E-state index is 0.0718. The second-order valence-electron chi connectivity index (χ2n) is 6.44. The van der Waals surface area contributed by atoms with Gasteiger partial charge in [-0.25, -0.2) is 0 Å². The van der Waals surface area contributed by atoms with Gasteiger partial charge < -0.3 is 5.32 Å². The van der Waals surface area contributed by atoms with Crippen LogP contribution in [0.25, 0.3) is 22.8 Å². The average Bonchev–Trinajstić information content (AvgIpc) is 3.26. The summed E-state index contributed by atoms with van der Waals surface area (Å²) in [6.45, 7) is 0.743. The van der Waals surface area contributed by atoms with E-state index in [2.05, 4.69) is 27.4 Å². The molecule has 4 heteroatoms. The smallest absolute Gasteiger partial charge is 0.256 e. The monoisotopic (exact) mass is 337 g/mol. The number of carbonyl (C=O) groups is 1. The van der Waals surface area contributed by atoms with Gasteiger partial charge in [0.25, 0.3) is 5.91 Å². The minimum atomic E-state index is -0.0718. The van der Waals surface area contributed by atoms with E-state index in [1.54, 1.807) is 6.20 Å². The zero-order valence-corrected chi connectivity index (χ0v) is 13.9. The summed E-state index contributed by atoms with van der Waals surface area (Å²) in [7, 11) is 0. The molecule has 3 heterocycles. The maximum atomic E-state index is 12.5. The summed E-state index contributed by atoms with van der Waals surface area (Å²) in [6.07, 6.45) is 7.40. The number of anilines is 1. The van der Waals surface area contributed by atoms with Gasteiger partial charge >= 0.3 is 0 Å². The van der Waals surface area contributed by atoms with Crippen LogP contribution in [0.1, 0.15) is 22.3 Å². The Kier molecular flexibility index (Phi) is 3.28. The van der Waals surface area contributed by atoms with Gasteiger partial charge in [-0.1, -0.05) is 30.3 Å². The molecule has 1 aromatic heterocycles. The van der Waals surface area contributed by atoms with Gasteiger partial charge in [-0.3, -0.25) is 14.8 Å². The van der Waals surface area contributed by atoms with Crippen LogP contribution in [0.5, 0.6) is 0 Å². The number of fused-ring (bicyclic) bond motifs is 2. The quantitative estimate of drug-likeness (QED) is 0.714. The second-order valence-corrected chi connectivity index (χ2v) is 6.44. The molecule has 0 bridgehead atoms. The van der Waals surface area contributed by atoms with Crippen LogP contribution < -0.4 is 5.32 Å². The summed E-state index contributed by atoms with van der Waals surface area (Å²) in [5.41, 5.74) is 7.88. The molecule has 4 nitrogen and oxygen atoms in total. The van der Waals surface area contributed by atoms with Crippen molar-refractivity contribution in [3.63, 3.8) is 0 Å². The Morgan fingerprint density at radius 2 is 2.00 bits per heavy atom. The molecule has 5 rings (SSSR count). The van der Waals surface area contributed by atoms with Crippen molar-refractivity contribution in [2.75, 3.05) is 5.32 Å². The van der Waals surface area contributed by atoms with Crippen molar-refractivity contribution in [1.29, 1.82) is 0 Å². The highest BCUT2D eigenvalue weighted by Crippen LogP contribution is 2.36. The molecule has 2 aliphatic rings. The molecule has 0 spiro atoms. The summed E-state index contributed by atoms with van der Waals surface area (Å²) < 4.78 is 0. The van der Waals surface area contributed by atoms with Gasteiger partial charge in [-0.15, -0.1) is 0 Å². The molecule has 124 valence electrons. The lowest BCUT2D eigenvalue weighted by molar-refractivity contribution is -0.110. The van der Waals surface area contributed by atoms with Gasteiger partial charge in [0.15, 0.2) is 0 Å². The SMILES string of the molecule is O=C1Nc2cc(-c3cccnc3)ccc2/C1=C\c1ccc2c(c1)C=NC2. The van der Waals surface area contributed by atoms with E-state index < -0.39 is 0 Å². The van der Waals surface area contributed by atoms with Gasteiger partial charge in [0.2, 0.25) is 0 Å². The fourth-order valence-corrected chi connectivity index (χ4v) is 3.43. The van der Waals surface area contributed by atoms with Gasteiger partial charge in [0.05, 0.1) is 6.54 Å². The number of nitrogens with one attached hydrogen (secondary N) is 1. The van der Waals surface area contributed by atoms with E-state index in [1.165, 1.54) is 5.56 Å². The van der Waals surface area contributed by atoms with Crippen molar-refractivity contribution in [1.82, 2.24) is 4.98 Å². The number of hydrogen-bond donors (Lipinski definition) is 1. The van der Waals surface area contributed by atoms with Crippen molar-refractivity contribution >= 4 is 29.5 Å². The molecule has 3 aromatic rings. The van der Waals surface area contributed by atoms with Gasteiger partial charge in [-0.2, -0.15) is 0 Å². The first-order chi connectivity index (χ1) is 12.8. The highest BCUT2D eigenvalue weighted by Gasteiger charge is 2.24. The third kappa shape index (κ3) is 2.43. The molecule has 26 heavy (non-hydrogen) atoms. The van der Waals surface area contributed by atoms with Crippen molar-refractivity contribution in [2.45, 2.75) is 6.54 Å². The number of pyridine rings is 1. The Bertz CT molecular complexity index is 1100. The molecule has 1 amide bonds. The third-order valence-electron chi connectivity index (χ3n) is 4.77. The minimum Gasteiger partial charge on any atom is -0.321 e. The zero-order valence-electron chi connectivity index (χ0n) is 13.9. The highest BCUT2D eigenvalue weighted by atomic mass is 16.2. The Morgan fingerprint density at radius 1 is 1.04 bits per heavy atom. The van der Waals surface area contributed by atoms with Crippen molar-refractivity contribution in [3.8, 4) is 11.1 Å². The summed E-state index contributed by atoms with van der Waals surface area (Å²) in [6, 6.07) is 16.1. The average molecular weight is 337 g/mol. The van der Waals surface area contributed by atoms with Crippen LogP contribution >= 0.6 is 0 Å². The largest absolute Gasteiger partial charge is 0.321 e. The standard InChI is InChI=1S/C22H15N3O/c26-22-20(9-14-3-4-17-12-24-13-18(17)8-14)19-6-5-15(10-21(19)25-22)16-2-1-7-23-11-16/h1-11,13H,12H2,(H,25,26)/b20-9+. The zero-order chi connectivity index (χ0) is 17.5. The van der Waals surface area contributed by atoms with Crippen LogP contribution in [-0.4, -0.2) is 17.1 Å². The van der Waals surface area contributed by atoms with Crippen LogP contribution in [-0.2, 0) is 11.3 Å². The molecule has 0 saturated carbocycles. The molecule has 2 aliphatic heterocycles. The lowest BCUT2D eigenvalue weighted by Crippen LogP contribution is -2.03. The van der Waals surface area contributed by atoms with E-state index in [1.807, 2.05) is 54.9 Å². The molecule has 0 unspecified atom stereocenters. The van der Waals surface area contributed by atoms with E-state index in [-0.39, 0.29) is 5.91 Å². The van der Waals surface area contributed by atoms with Crippen LogP contribution in [0.3, 0.4) is 0 Å². The molecule has 0 saturated heterocycles. The fourth-order valence-electron chi connectivity index (χ4n) is 3.43. The molecule has 0 radical (unpaired) electrons. The number of rotatable bonds is 2. The van der Waals surface area contributed by atoms with E-state index in [0.29, 0.717) is 5.57 Å². The van der Waals surface area contributed by atoms with Crippen LogP contribution in [0.4, 0.5) is 5.69 Å². The fraction of sp³-hybridized carbons (Fsp3) is 0.0455. The first-order valence-electron chi connectivity index (χ1n) is 8.48. The summed E-state index contributed by atoms with van der Waals surface area (Å²) in [5.74, 6) is -0.0718. The topological polar surface area (TPSA) is 54.4 Å². The number of amides is 1. The van der Waals surface area contributed by atoms with Crippen LogP contribution in [0.2, 0.25) is 0 Å². The Morgan fingerprint density at radius 3 is 2.88 bits per heavy atom. The van der Waals surface area contributed by atoms with Crippen LogP contribution in [0, 0.1) is 0 Å². The summed E-state index contributed by atoms with van der Waals surface area (Å²) in [4.78, 5) is 20.9. The van der Waals surface area contributed by atoms with Crippen LogP contribution in [0.15, 0.2) is 65.9 Å². The van der Waals surface area contributed by atoms with Crippen molar-refractivity contribution in [2.24, 2.45) is 4.99 Å². The van der Waals surface area contributed by atoms with E-state index in [9.17, 15) is 4.79 Å². The molecular formula is C22H15N3O.